The number of imidazole rings is 1. The van der Waals surface area contributed by atoms with Gasteiger partial charge in [0.05, 0.1) is 11.9 Å². The van der Waals surface area contributed by atoms with Crippen molar-refractivity contribution in [2.24, 2.45) is 0 Å². The highest BCUT2D eigenvalue weighted by Crippen LogP contribution is 2.05. The van der Waals surface area contributed by atoms with Crippen LogP contribution in [0.4, 0.5) is 0 Å². The molecule has 0 fully saturated rings. The predicted molar refractivity (Wildman–Crippen MR) is 52.7 cm³/mol. The standard InChI is InChI=1S/C9H8ClN3/c10-4-1-3-8-7-12-9-11-5-2-6-13(8)9/h1-3,5-7H,4H2. The summed E-state index contributed by atoms with van der Waals surface area (Å²) in [5, 5.41) is 0. The molecule has 2 aromatic heterocycles. The van der Waals surface area contributed by atoms with E-state index >= 15 is 0 Å². The number of hydrogen-bond donors (Lipinski definition) is 0. The Morgan fingerprint density at radius 1 is 1.46 bits per heavy atom. The summed E-state index contributed by atoms with van der Waals surface area (Å²) < 4.78 is 1.91. The predicted octanol–water partition coefficient (Wildman–Crippen LogP) is 1.98. The van der Waals surface area contributed by atoms with Crippen LogP contribution in [0, 0.1) is 0 Å². The lowest BCUT2D eigenvalue weighted by Crippen LogP contribution is -1.87. The SMILES string of the molecule is ClCC=Cc1cnc2ncccn12. The molecule has 0 aliphatic heterocycles. The third-order valence-corrected chi connectivity index (χ3v) is 1.87. The maximum atomic E-state index is 5.54. The van der Waals surface area contributed by atoms with Gasteiger partial charge in [-0.05, 0) is 12.1 Å². The van der Waals surface area contributed by atoms with Gasteiger partial charge in [0.15, 0.2) is 0 Å². The molecule has 0 saturated heterocycles. The second-order valence-electron chi connectivity index (χ2n) is 2.53. The number of allylic oxidation sites excluding steroid dienone is 1. The van der Waals surface area contributed by atoms with E-state index in [0.717, 1.165) is 5.69 Å². The number of rotatable bonds is 2. The summed E-state index contributed by atoms with van der Waals surface area (Å²) in [4.78, 5) is 8.22. The van der Waals surface area contributed by atoms with Gasteiger partial charge in [-0.1, -0.05) is 6.08 Å². The summed E-state index contributed by atoms with van der Waals surface area (Å²) in [6, 6.07) is 1.87. The normalized spacial score (nSPS) is 11.5. The summed E-state index contributed by atoms with van der Waals surface area (Å²) in [5.41, 5.74) is 0.990. The van der Waals surface area contributed by atoms with Crippen LogP contribution in [0.25, 0.3) is 11.9 Å². The van der Waals surface area contributed by atoms with Gasteiger partial charge in [0.2, 0.25) is 5.78 Å². The van der Waals surface area contributed by atoms with Crippen LogP contribution in [0.15, 0.2) is 30.7 Å². The van der Waals surface area contributed by atoms with Crippen molar-refractivity contribution in [2.75, 3.05) is 5.88 Å². The fourth-order valence-electron chi connectivity index (χ4n) is 1.13. The Kier molecular flexibility index (Phi) is 2.27. The molecule has 0 saturated carbocycles. The fraction of sp³-hybridized carbons (Fsp3) is 0.111. The van der Waals surface area contributed by atoms with Gasteiger partial charge >= 0.3 is 0 Å². The lowest BCUT2D eigenvalue weighted by Gasteiger charge is -1.92. The lowest BCUT2D eigenvalue weighted by molar-refractivity contribution is 1.10. The average Bonchev–Trinajstić information content (AvgIpc) is 2.58. The Hall–Kier alpha value is -1.35. The molecule has 0 bridgehead atoms. The molecule has 2 heterocycles. The molecule has 2 aromatic rings. The Balaban J connectivity index is 2.52. The molecule has 0 aromatic carbocycles. The van der Waals surface area contributed by atoms with Crippen molar-refractivity contribution in [3.63, 3.8) is 0 Å². The van der Waals surface area contributed by atoms with Crippen LogP contribution in [-0.2, 0) is 0 Å². The molecule has 13 heavy (non-hydrogen) atoms. The molecule has 0 amide bonds. The molecule has 0 N–H and O–H groups in total. The van der Waals surface area contributed by atoms with Gasteiger partial charge < -0.3 is 0 Å². The number of aromatic nitrogens is 3. The quantitative estimate of drug-likeness (QED) is 0.683. The molecule has 0 aliphatic carbocycles. The third kappa shape index (κ3) is 1.55. The van der Waals surface area contributed by atoms with E-state index in [1.165, 1.54) is 0 Å². The second-order valence-corrected chi connectivity index (χ2v) is 2.84. The van der Waals surface area contributed by atoms with Crippen LogP contribution in [0.1, 0.15) is 5.69 Å². The molecule has 4 heteroatoms. The minimum Gasteiger partial charge on any atom is -0.284 e. The highest BCUT2D eigenvalue weighted by molar-refractivity contribution is 6.19. The van der Waals surface area contributed by atoms with Gasteiger partial charge in [-0.2, -0.15) is 0 Å². The van der Waals surface area contributed by atoms with Crippen molar-refractivity contribution < 1.29 is 0 Å². The monoisotopic (exact) mass is 193 g/mol. The van der Waals surface area contributed by atoms with Gasteiger partial charge in [0.1, 0.15) is 0 Å². The van der Waals surface area contributed by atoms with E-state index in [4.69, 9.17) is 11.6 Å². The maximum Gasteiger partial charge on any atom is 0.234 e. The van der Waals surface area contributed by atoms with E-state index < -0.39 is 0 Å². The molecule has 0 unspecified atom stereocenters. The minimum atomic E-state index is 0.507. The first-order chi connectivity index (χ1) is 6.42. The maximum absolute atomic E-state index is 5.54. The van der Waals surface area contributed by atoms with Crippen LogP contribution in [0.3, 0.4) is 0 Å². The molecule has 66 valence electrons. The molecule has 0 radical (unpaired) electrons. The molecular formula is C9H8ClN3. The average molecular weight is 194 g/mol. The smallest absolute Gasteiger partial charge is 0.234 e. The topological polar surface area (TPSA) is 30.2 Å². The Morgan fingerprint density at radius 2 is 2.38 bits per heavy atom. The number of hydrogen-bond acceptors (Lipinski definition) is 2. The van der Waals surface area contributed by atoms with Crippen LogP contribution in [0.2, 0.25) is 0 Å². The molecule has 0 aliphatic rings. The van der Waals surface area contributed by atoms with Gasteiger partial charge in [-0.3, -0.25) is 4.40 Å². The fourth-order valence-corrected chi connectivity index (χ4v) is 1.22. The minimum absolute atomic E-state index is 0.507. The summed E-state index contributed by atoms with van der Waals surface area (Å²) in [7, 11) is 0. The van der Waals surface area contributed by atoms with Crippen molar-refractivity contribution >= 4 is 23.5 Å². The van der Waals surface area contributed by atoms with Crippen LogP contribution < -0.4 is 0 Å². The van der Waals surface area contributed by atoms with Gasteiger partial charge in [0, 0.05) is 18.3 Å². The molecule has 3 nitrogen and oxygen atoms in total. The van der Waals surface area contributed by atoms with Crippen molar-refractivity contribution in [1.29, 1.82) is 0 Å². The summed E-state index contributed by atoms with van der Waals surface area (Å²) in [5.74, 6) is 1.21. The summed E-state index contributed by atoms with van der Waals surface area (Å²) >= 11 is 5.54. The highest BCUT2D eigenvalue weighted by Gasteiger charge is 1.97. The van der Waals surface area contributed by atoms with Crippen molar-refractivity contribution in [1.82, 2.24) is 14.4 Å². The molecule has 0 atom stereocenters. The molecule has 2 rings (SSSR count). The zero-order valence-corrected chi connectivity index (χ0v) is 7.65. The number of alkyl halides is 1. The first-order valence-electron chi connectivity index (χ1n) is 3.92. The van der Waals surface area contributed by atoms with E-state index in [1.807, 2.05) is 28.8 Å². The Bertz CT molecular complexity index is 433. The van der Waals surface area contributed by atoms with Gasteiger partial charge in [-0.15, -0.1) is 11.6 Å². The van der Waals surface area contributed by atoms with Gasteiger partial charge in [0.25, 0.3) is 0 Å². The summed E-state index contributed by atoms with van der Waals surface area (Å²) in [6.45, 7) is 0. The lowest BCUT2D eigenvalue weighted by atomic mass is 10.4. The van der Waals surface area contributed by atoms with Gasteiger partial charge in [-0.25, -0.2) is 9.97 Å². The Labute approximate surface area is 80.7 Å². The van der Waals surface area contributed by atoms with Crippen molar-refractivity contribution in [3.8, 4) is 0 Å². The largest absolute Gasteiger partial charge is 0.284 e. The third-order valence-electron chi connectivity index (χ3n) is 1.69. The molecule has 0 spiro atoms. The second kappa shape index (κ2) is 3.58. The van der Waals surface area contributed by atoms with Crippen LogP contribution >= 0.6 is 11.6 Å². The number of nitrogens with zero attached hydrogens (tertiary/aromatic N) is 3. The van der Waals surface area contributed by atoms with Crippen LogP contribution in [-0.4, -0.2) is 20.2 Å². The first kappa shape index (κ1) is 8.26. The van der Waals surface area contributed by atoms with E-state index in [0.29, 0.717) is 11.7 Å². The van der Waals surface area contributed by atoms with E-state index in [9.17, 15) is 0 Å². The number of fused-ring (bicyclic) bond motifs is 1. The Morgan fingerprint density at radius 3 is 3.23 bits per heavy atom. The van der Waals surface area contributed by atoms with E-state index in [1.54, 1.807) is 12.4 Å². The van der Waals surface area contributed by atoms with E-state index in [2.05, 4.69) is 9.97 Å². The highest BCUT2D eigenvalue weighted by atomic mass is 35.5. The first-order valence-corrected chi connectivity index (χ1v) is 4.46. The molecular weight excluding hydrogens is 186 g/mol. The van der Waals surface area contributed by atoms with Crippen molar-refractivity contribution in [2.45, 2.75) is 0 Å². The van der Waals surface area contributed by atoms with Crippen LogP contribution in [0.5, 0.6) is 0 Å². The number of halogens is 1. The van der Waals surface area contributed by atoms with Crippen molar-refractivity contribution in [3.05, 3.63) is 36.4 Å². The summed E-state index contributed by atoms with van der Waals surface area (Å²) in [6.07, 6.45) is 9.21. The zero-order chi connectivity index (χ0) is 9.10. The van der Waals surface area contributed by atoms with E-state index in [-0.39, 0.29) is 0 Å². The zero-order valence-electron chi connectivity index (χ0n) is 6.89.